The Labute approximate surface area is 154 Å². The first-order valence-corrected chi connectivity index (χ1v) is 8.20. The summed E-state index contributed by atoms with van der Waals surface area (Å²) in [5, 5.41) is 25.2. The molecule has 2 aromatic carbocycles. The number of rotatable bonds is 6. The number of aromatic amines is 1. The van der Waals surface area contributed by atoms with E-state index in [2.05, 4.69) is 25.9 Å². The van der Waals surface area contributed by atoms with Crippen LogP contribution in [0.2, 0.25) is 0 Å². The van der Waals surface area contributed by atoms with E-state index < -0.39 is 5.97 Å². The number of carboxylic acid groups (broad SMARTS) is 1. The van der Waals surface area contributed by atoms with Crippen molar-refractivity contribution in [2.75, 3.05) is 5.32 Å². The Morgan fingerprint density at radius 3 is 2.27 bits per heavy atom. The summed E-state index contributed by atoms with van der Waals surface area (Å²) in [5.74, 6) is -0.0842. The number of nitrogens with zero attached hydrogens (tertiary/aromatic N) is 3. The number of carboxylic acids is 1. The summed E-state index contributed by atoms with van der Waals surface area (Å²) in [6, 6.07) is 13.1. The van der Waals surface area contributed by atoms with Gasteiger partial charge in [-0.15, -0.1) is 22.0 Å². The third kappa shape index (κ3) is 4.90. The number of tetrazole rings is 1. The summed E-state index contributed by atoms with van der Waals surface area (Å²) in [6.45, 7) is 0. The second-order valence-electron chi connectivity index (χ2n) is 4.98. The number of H-pyrrole nitrogens is 1. The Morgan fingerprint density at radius 1 is 1.04 bits per heavy atom. The van der Waals surface area contributed by atoms with Crippen molar-refractivity contribution in [3.8, 4) is 0 Å². The molecule has 8 nitrogen and oxygen atoms in total. The number of nitrogens with one attached hydrogen (secondary N) is 2. The highest BCUT2D eigenvalue weighted by atomic mass is 32.2. The average molecular weight is 371 g/mol. The number of carbonyl (C=O) groups is 2. The molecular formula is C17H17N5O3S. The monoisotopic (exact) mass is 371 g/mol. The molecule has 0 radical (unpaired) electrons. The smallest absolute Gasteiger partial charge is 0.335 e. The van der Waals surface area contributed by atoms with Gasteiger partial charge in [-0.1, -0.05) is 12.6 Å². The fraction of sp³-hybridized carbons (Fsp3) is 0.118. The van der Waals surface area contributed by atoms with Gasteiger partial charge in [0.1, 0.15) is 0 Å². The van der Waals surface area contributed by atoms with Crippen molar-refractivity contribution in [3.05, 3.63) is 65.5 Å². The maximum Gasteiger partial charge on any atom is 0.335 e. The van der Waals surface area contributed by atoms with Crippen LogP contribution in [-0.2, 0) is 5.75 Å². The average Bonchev–Trinajstić information content (AvgIpc) is 3.14. The van der Waals surface area contributed by atoms with Crippen molar-refractivity contribution >= 4 is 29.3 Å². The Balaban J connectivity index is 0.00000243. The second-order valence-corrected chi connectivity index (χ2v) is 6.03. The van der Waals surface area contributed by atoms with Gasteiger partial charge in [0.05, 0.1) is 11.3 Å². The Hall–Kier alpha value is -3.20. The number of benzene rings is 2. The van der Waals surface area contributed by atoms with E-state index in [-0.39, 0.29) is 18.9 Å². The fourth-order valence-electron chi connectivity index (χ4n) is 1.99. The molecule has 9 heteroatoms. The van der Waals surface area contributed by atoms with Crippen LogP contribution < -0.4 is 5.32 Å². The lowest BCUT2D eigenvalue weighted by molar-refractivity contribution is 0.0696. The fourth-order valence-corrected chi connectivity index (χ4v) is 2.74. The van der Waals surface area contributed by atoms with Gasteiger partial charge in [-0.2, -0.15) is 5.21 Å². The third-order valence-electron chi connectivity index (χ3n) is 3.26. The van der Waals surface area contributed by atoms with E-state index in [0.29, 0.717) is 22.8 Å². The number of aromatic carboxylic acids is 1. The largest absolute Gasteiger partial charge is 0.478 e. The highest BCUT2D eigenvalue weighted by molar-refractivity contribution is 7.98. The van der Waals surface area contributed by atoms with Crippen LogP contribution in [0.25, 0.3) is 0 Å². The van der Waals surface area contributed by atoms with Crippen molar-refractivity contribution in [1.82, 2.24) is 20.6 Å². The summed E-state index contributed by atoms with van der Waals surface area (Å²) >= 11 is 1.53. The van der Waals surface area contributed by atoms with Crippen LogP contribution in [0.1, 0.15) is 34.0 Å². The van der Waals surface area contributed by atoms with Crippen LogP contribution >= 0.6 is 11.8 Å². The second kappa shape index (κ2) is 8.77. The van der Waals surface area contributed by atoms with Crippen LogP contribution in [0.3, 0.4) is 0 Å². The molecule has 3 N–H and O–H groups in total. The van der Waals surface area contributed by atoms with Gasteiger partial charge < -0.3 is 10.4 Å². The van der Waals surface area contributed by atoms with E-state index in [1.807, 2.05) is 12.1 Å². The van der Waals surface area contributed by atoms with Crippen LogP contribution in [0.5, 0.6) is 0 Å². The molecule has 0 spiro atoms. The molecule has 0 unspecified atom stereocenters. The number of anilines is 1. The van der Waals surface area contributed by atoms with Gasteiger partial charge in [0.25, 0.3) is 5.91 Å². The first kappa shape index (κ1) is 19.1. The minimum atomic E-state index is -1.01. The molecule has 0 aliphatic heterocycles. The van der Waals surface area contributed by atoms with Gasteiger partial charge in [-0.25, -0.2) is 4.79 Å². The molecule has 3 rings (SSSR count). The number of amides is 1. The molecule has 26 heavy (non-hydrogen) atoms. The third-order valence-corrected chi connectivity index (χ3v) is 4.27. The molecule has 1 aromatic heterocycles. The van der Waals surface area contributed by atoms with E-state index in [1.165, 1.54) is 23.9 Å². The van der Waals surface area contributed by atoms with Crippen molar-refractivity contribution in [2.45, 2.75) is 18.1 Å². The van der Waals surface area contributed by atoms with Gasteiger partial charge in [-0.3, -0.25) is 4.79 Å². The predicted molar refractivity (Wildman–Crippen MR) is 98.3 cm³/mol. The minimum absolute atomic E-state index is 0. The summed E-state index contributed by atoms with van der Waals surface area (Å²) < 4.78 is 0. The molecule has 1 heterocycles. The van der Waals surface area contributed by atoms with E-state index in [9.17, 15) is 9.59 Å². The van der Waals surface area contributed by atoms with Gasteiger partial charge in [0.2, 0.25) is 0 Å². The quantitative estimate of drug-likeness (QED) is 0.569. The van der Waals surface area contributed by atoms with Crippen molar-refractivity contribution < 1.29 is 14.7 Å². The van der Waals surface area contributed by atoms with E-state index in [0.717, 1.165) is 4.90 Å². The van der Waals surface area contributed by atoms with Gasteiger partial charge >= 0.3 is 5.97 Å². The maximum absolute atomic E-state index is 12.2. The number of hydrogen-bond donors (Lipinski definition) is 3. The molecule has 0 saturated heterocycles. The standard InChI is InChI=1S/C16H13N5O3S.CH4/c22-15(17-12-5-1-11(2-6-12)16(23)24)10-3-7-13(8-4-10)25-9-14-18-20-21-19-14;/h1-8H,9H2,(H,17,22)(H,23,24)(H,18,19,20,21);1H4. The zero-order valence-corrected chi connectivity index (χ0v) is 13.7. The SMILES string of the molecule is C.O=C(O)c1ccc(NC(=O)c2ccc(SCc3nn[nH]n3)cc2)cc1. The molecule has 0 aliphatic carbocycles. The summed E-state index contributed by atoms with van der Waals surface area (Å²) in [6.07, 6.45) is 0. The number of aromatic nitrogens is 4. The molecule has 0 fully saturated rings. The lowest BCUT2D eigenvalue weighted by atomic mass is 10.2. The summed E-state index contributed by atoms with van der Waals surface area (Å²) in [4.78, 5) is 24.0. The van der Waals surface area contributed by atoms with Crippen LogP contribution in [0, 0.1) is 0 Å². The van der Waals surface area contributed by atoms with E-state index >= 15 is 0 Å². The van der Waals surface area contributed by atoms with E-state index in [1.54, 1.807) is 24.3 Å². The highest BCUT2D eigenvalue weighted by Gasteiger charge is 2.08. The van der Waals surface area contributed by atoms with E-state index in [4.69, 9.17) is 5.11 Å². The lowest BCUT2D eigenvalue weighted by Gasteiger charge is -2.06. The Bertz CT molecular complexity index is 864. The molecule has 0 atom stereocenters. The highest BCUT2D eigenvalue weighted by Crippen LogP contribution is 2.21. The lowest BCUT2D eigenvalue weighted by Crippen LogP contribution is -2.11. The zero-order chi connectivity index (χ0) is 17.6. The van der Waals surface area contributed by atoms with Gasteiger partial charge in [0, 0.05) is 16.1 Å². The minimum Gasteiger partial charge on any atom is -0.478 e. The predicted octanol–water partition coefficient (Wildman–Crippen LogP) is 3.08. The summed E-state index contributed by atoms with van der Waals surface area (Å²) in [5.41, 5.74) is 1.21. The molecular weight excluding hydrogens is 354 g/mol. The Kier molecular flexibility index (Phi) is 6.45. The topological polar surface area (TPSA) is 121 Å². The molecule has 0 saturated carbocycles. The number of hydrogen-bond acceptors (Lipinski definition) is 6. The van der Waals surface area contributed by atoms with Crippen LogP contribution in [0.15, 0.2) is 53.4 Å². The Morgan fingerprint density at radius 2 is 1.69 bits per heavy atom. The maximum atomic E-state index is 12.2. The number of carbonyl (C=O) groups excluding carboxylic acids is 1. The first-order chi connectivity index (χ1) is 12.1. The number of thioether (sulfide) groups is 1. The summed E-state index contributed by atoms with van der Waals surface area (Å²) in [7, 11) is 0. The molecule has 0 aliphatic rings. The first-order valence-electron chi connectivity index (χ1n) is 7.22. The molecule has 0 bridgehead atoms. The molecule has 134 valence electrons. The van der Waals surface area contributed by atoms with Crippen LogP contribution in [0.4, 0.5) is 5.69 Å². The zero-order valence-electron chi connectivity index (χ0n) is 12.8. The molecule has 3 aromatic rings. The molecule has 1 amide bonds. The van der Waals surface area contributed by atoms with Crippen LogP contribution in [-0.4, -0.2) is 37.6 Å². The normalized spacial score (nSPS) is 10.0. The van der Waals surface area contributed by atoms with Crippen molar-refractivity contribution in [2.24, 2.45) is 0 Å². The van der Waals surface area contributed by atoms with Crippen molar-refractivity contribution in [3.63, 3.8) is 0 Å². The van der Waals surface area contributed by atoms with Gasteiger partial charge in [-0.05, 0) is 48.5 Å². The van der Waals surface area contributed by atoms with Crippen molar-refractivity contribution in [1.29, 1.82) is 0 Å². The van der Waals surface area contributed by atoms with Gasteiger partial charge in [0.15, 0.2) is 5.82 Å².